The minimum absolute atomic E-state index is 0.148. The van der Waals surface area contributed by atoms with E-state index in [1.165, 1.54) is 6.07 Å². The zero-order chi connectivity index (χ0) is 16.4. The molecule has 0 spiro atoms. The van der Waals surface area contributed by atoms with E-state index in [0.717, 1.165) is 5.69 Å². The van der Waals surface area contributed by atoms with Gasteiger partial charge in [0.1, 0.15) is 11.4 Å². The highest BCUT2D eigenvalue weighted by atomic mass is 19.1. The lowest BCUT2D eigenvalue weighted by Crippen LogP contribution is -2.49. The largest absolute Gasteiger partial charge is 0.366 e. The van der Waals surface area contributed by atoms with Crippen molar-refractivity contribution in [3.05, 3.63) is 63.8 Å². The summed E-state index contributed by atoms with van der Waals surface area (Å²) in [6, 6.07) is 9.88. The van der Waals surface area contributed by atoms with Gasteiger partial charge in [0.05, 0.1) is 5.69 Å². The van der Waals surface area contributed by atoms with Crippen LogP contribution in [-0.4, -0.2) is 42.0 Å². The van der Waals surface area contributed by atoms with E-state index in [9.17, 15) is 14.0 Å². The number of piperazine rings is 1. The number of carbonyl (C=O) groups is 1. The molecule has 1 aromatic carbocycles. The fourth-order valence-corrected chi connectivity index (χ4v) is 2.77. The minimum atomic E-state index is -0.369. The quantitative estimate of drug-likeness (QED) is 0.919. The van der Waals surface area contributed by atoms with Gasteiger partial charge in [0.2, 0.25) is 0 Å². The average molecular weight is 315 g/mol. The van der Waals surface area contributed by atoms with E-state index in [-0.39, 0.29) is 22.8 Å². The predicted molar refractivity (Wildman–Crippen MR) is 86.3 cm³/mol. The van der Waals surface area contributed by atoms with Crippen molar-refractivity contribution in [1.82, 2.24) is 9.88 Å². The normalized spacial score (nSPS) is 14.9. The summed E-state index contributed by atoms with van der Waals surface area (Å²) < 4.78 is 13.8. The topological polar surface area (TPSA) is 56.4 Å². The average Bonchev–Trinajstić information content (AvgIpc) is 2.55. The standard InChI is InChI=1S/C17H18FN3O2/c1-12-6-7-13(16(22)19-12)17(23)21-10-8-20(9-11-21)15-5-3-2-4-14(15)18/h2-7H,8-11H2,1H3,(H,19,22). The summed E-state index contributed by atoms with van der Waals surface area (Å²) in [6.45, 7) is 3.76. The molecule has 5 nitrogen and oxygen atoms in total. The van der Waals surface area contributed by atoms with Gasteiger partial charge in [0.25, 0.3) is 11.5 Å². The molecule has 1 amide bonds. The van der Waals surface area contributed by atoms with Crippen LogP contribution in [-0.2, 0) is 0 Å². The van der Waals surface area contributed by atoms with E-state index in [1.807, 2.05) is 4.90 Å². The molecule has 0 unspecified atom stereocenters. The molecule has 0 aliphatic carbocycles. The second-order valence-corrected chi connectivity index (χ2v) is 5.61. The van der Waals surface area contributed by atoms with Crippen LogP contribution in [0.25, 0.3) is 0 Å². The first kappa shape index (κ1) is 15.3. The number of para-hydroxylation sites is 1. The van der Waals surface area contributed by atoms with Crippen molar-refractivity contribution in [2.75, 3.05) is 31.1 Å². The number of nitrogens with zero attached hydrogens (tertiary/aromatic N) is 2. The number of hydrogen-bond donors (Lipinski definition) is 1. The molecule has 0 atom stereocenters. The van der Waals surface area contributed by atoms with Crippen LogP contribution >= 0.6 is 0 Å². The highest BCUT2D eigenvalue weighted by molar-refractivity contribution is 5.94. The first-order valence-electron chi connectivity index (χ1n) is 7.55. The second kappa shape index (κ2) is 6.24. The number of carbonyl (C=O) groups excluding carboxylic acids is 1. The summed E-state index contributed by atoms with van der Waals surface area (Å²) in [4.78, 5) is 30.5. The van der Waals surface area contributed by atoms with E-state index >= 15 is 0 Å². The Kier molecular flexibility index (Phi) is 4.14. The number of aromatic nitrogens is 1. The fraction of sp³-hybridized carbons (Fsp3) is 0.294. The Morgan fingerprint density at radius 3 is 2.43 bits per heavy atom. The number of pyridine rings is 1. The van der Waals surface area contributed by atoms with Gasteiger partial charge in [-0.2, -0.15) is 0 Å². The van der Waals surface area contributed by atoms with Crippen LogP contribution in [0.15, 0.2) is 41.2 Å². The molecule has 0 saturated carbocycles. The Morgan fingerprint density at radius 2 is 1.78 bits per heavy atom. The van der Waals surface area contributed by atoms with E-state index in [2.05, 4.69) is 4.98 Å². The molecule has 2 heterocycles. The smallest absolute Gasteiger partial charge is 0.260 e. The number of halogens is 1. The Morgan fingerprint density at radius 1 is 1.09 bits per heavy atom. The van der Waals surface area contributed by atoms with E-state index in [1.54, 1.807) is 42.2 Å². The number of H-pyrrole nitrogens is 1. The summed E-state index contributed by atoms with van der Waals surface area (Å²) in [5, 5.41) is 0. The SMILES string of the molecule is Cc1ccc(C(=O)N2CCN(c3ccccc3F)CC2)c(=O)[nH]1. The van der Waals surface area contributed by atoms with Crippen molar-refractivity contribution in [1.29, 1.82) is 0 Å². The van der Waals surface area contributed by atoms with Crippen LogP contribution in [0, 0.1) is 12.7 Å². The van der Waals surface area contributed by atoms with Crippen molar-refractivity contribution in [2.24, 2.45) is 0 Å². The summed E-state index contributed by atoms with van der Waals surface area (Å²) in [5.41, 5.74) is 1.05. The Balaban J connectivity index is 1.70. The molecule has 1 fully saturated rings. The molecule has 1 saturated heterocycles. The lowest BCUT2D eigenvalue weighted by molar-refractivity contribution is 0.0745. The van der Waals surface area contributed by atoms with Gasteiger partial charge in [0.15, 0.2) is 0 Å². The lowest BCUT2D eigenvalue weighted by atomic mass is 10.2. The number of anilines is 1. The molecule has 1 aliphatic rings. The Hall–Kier alpha value is -2.63. The van der Waals surface area contributed by atoms with Gasteiger partial charge >= 0.3 is 0 Å². The summed E-state index contributed by atoms with van der Waals surface area (Å²) in [7, 11) is 0. The minimum Gasteiger partial charge on any atom is -0.366 e. The van der Waals surface area contributed by atoms with Gasteiger partial charge in [0, 0.05) is 31.9 Å². The lowest BCUT2D eigenvalue weighted by Gasteiger charge is -2.36. The zero-order valence-corrected chi connectivity index (χ0v) is 12.9. The molecule has 1 N–H and O–H groups in total. The van der Waals surface area contributed by atoms with Gasteiger partial charge in [-0.3, -0.25) is 9.59 Å². The number of amides is 1. The fourth-order valence-electron chi connectivity index (χ4n) is 2.77. The van der Waals surface area contributed by atoms with Crippen molar-refractivity contribution in [2.45, 2.75) is 6.92 Å². The molecule has 6 heteroatoms. The maximum atomic E-state index is 13.8. The van der Waals surface area contributed by atoms with Crippen LogP contribution in [0.3, 0.4) is 0 Å². The summed E-state index contributed by atoms with van der Waals surface area (Å²) in [5.74, 6) is -0.540. The maximum absolute atomic E-state index is 13.8. The zero-order valence-electron chi connectivity index (χ0n) is 12.9. The van der Waals surface area contributed by atoms with Crippen LogP contribution in [0.2, 0.25) is 0 Å². The molecular weight excluding hydrogens is 297 g/mol. The van der Waals surface area contributed by atoms with E-state index in [0.29, 0.717) is 31.9 Å². The van der Waals surface area contributed by atoms with Crippen molar-refractivity contribution in [3.8, 4) is 0 Å². The van der Waals surface area contributed by atoms with E-state index in [4.69, 9.17) is 0 Å². The second-order valence-electron chi connectivity index (χ2n) is 5.61. The van der Waals surface area contributed by atoms with Crippen LogP contribution < -0.4 is 10.5 Å². The van der Waals surface area contributed by atoms with Gasteiger partial charge in [-0.05, 0) is 31.2 Å². The maximum Gasteiger partial charge on any atom is 0.260 e. The molecular formula is C17H18FN3O2. The third kappa shape index (κ3) is 3.11. The molecule has 1 aromatic heterocycles. The first-order valence-corrected chi connectivity index (χ1v) is 7.55. The predicted octanol–water partition coefficient (Wildman–Crippen LogP) is 1.78. The molecule has 23 heavy (non-hydrogen) atoms. The Labute approximate surface area is 133 Å². The van der Waals surface area contributed by atoms with E-state index < -0.39 is 0 Å². The first-order chi connectivity index (χ1) is 11.1. The number of aromatic amines is 1. The Bertz CT molecular complexity index is 779. The summed E-state index contributed by atoms with van der Waals surface area (Å²) in [6.07, 6.45) is 0. The molecule has 0 radical (unpaired) electrons. The number of hydrogen-bond acceptors (Lipinski definition) is 3. The van der Waals surface area contributed by atoms with Crippen LogP contribution in [0.5, 0.6) is 0 Å². The molecule has 3 rings (SSSR count). The number of aryl methyl sites for hydroxylation is 1. The van der Waals surface area contributed by atoms with Gasteiger partial charge in [-0.15, -0.1) is 0 Å². The number of rotatable bonds is 2. The summed E-state index contributed by atoms with van der Waals surface area (Å²) >= 11 is 0. The third-order valence-corrected chi connectivity index (χ3v) is 4.05. The van der Waals surface area contributed by atoms with Gasteiger partial charge in [-0.1, -0.05) is 12.1 Å². The van der Waals surface area contributed by atoms with Crippen molar-refractivity contribution in [3.63, 3.8) is 0 Å². The van der Waals surface area contributed by atoms with Gasteiger partial charge < -0.3 is 14.8 Å². The van der Waals surface area contributed by atoms with Crippen LogP contribution in [0.4, 0.5) is 10.1 Å². The molecule has 0 bridgehead atoms. The molecule has 120 valence electrons. The van der Waals surface area contributed by atoms with Crippen LogP contribution in [0.1, 0.15) is 16.1 Å². The number of nitrogens with one attached hydrogen (secondary N) is 1. The third-order valence-electron chi connectivity index (χ3n) is 4.05. The molecule has 1 aliphatic heterocycles. The van der Waals surface area contributed by atoms with Gasteiger partial charge in [-0.25, -0.2) is 4.39 Å². The highest BCUT2D eigenvalue weighted by Crippen LogP contribution is 2.20. The van der Waals surface area contributed by atoms with Crippen molar-refractivity contribution >= 4 is 11.6 Å². The number of benzene rings is 1. The monoisotopic (exact) mass is 315 g/mol. The highest BCUT2D eigenvalue weighted by Gasteiger charge is 2.24. The molecule has 2 aromatic rings. The van der Waals surface area contributed by atoms with Crippen molar-refractivity contribution < 1.29 is 9.18 Å².